The van der Waals surface area contributed by atoms with Crippen LogP contribution >= 0.6 is 0 Å². The summed E-state index contributed by atoms with van der Waals surface area (Å²) < 4.78 is 64.9. The van der Waals surface area contributed by atoms with E-state index in [1.807, 2.05) is 32.0 Å². The van der Waals surface area contributed by atoms with Gasteiger partial charge in [-0.25, -0.2) is 26.9 Å². The number of aromatic nitrogens is 2. The van der Waals surface area contributed by atoms with Gasteiger partial charge in [0.2, 0.25) is 17.8 Å². The summed E-state index contributed by atoms with van der Waals surface area (Å²) in [6.45, 7) is 9.20. The highest BCUT2D eigenvalue weighted by Gasteiger charge is 2.43. The first-order valence-corrected chi connectivity index (χ1v) is 17.5. The van der Waals surface area contributed by atoms with Gasteiger partial charge in [-0.3, -0.25) is 9.69 Å². The van der Waals surface area contributed by atoms with Gasteiger partial charge in [0.15, 0.2) is 0 Å². The number of carbonyl (C=O) groups excluding carboxylic acids is 1. The van der Waals surface area contributed by atoms with Crippen molar-refractivity contribution in [2.24, 2.45) is 5.92 Å². The summed E-state index contributed by atoms with van der Waals surface area (Å²) in [6.07, 6.45) is 0.519. The zero-order valence-electron chi connectivity index (χ0n) is 26.7. The second-order valence-electron chi connectivity index (χ2n) is 13.2. The van der Waals surface area contributed by atoms with Crippen LogP contribution in [0.1, 0.15) is 68.9 Å². The number of amides is 1. The van der Waals surface area contributed by atoms with Gasteiger partial charge in [-0.15, -0.1) is 0 Å². The van der Waals surface area contributed by atoms with Gasteiger partial charge in [-0.1, -0.05) is 38.1 Å². The second kappa shape index (κ2) is 12.5. The number of aryl methyl sites for hydroxylation is 2. The van der Waals surface area contributed by atoms with Crippen LogP contribution in [0, 0.1) is 19.8 Å². The second-order valence-corrected chi connectivity index (χ2v) is 14.9. The third kappa shape index (κ3) is 6.73. The molecule has 3 aliphatic rings. The number of halogens is 2. The molecule has 1 aromatic heterocycles. The summed E-state index contributed by atoms with van der Waals surface area (Å²) in [5, 5.41) is 0. The first-order chi connectivity index (χ1) is 21.8. The Morgan fingerprint density at radius 1 is 1.04 bits per heavy atom. The Hall–Kier alpha value is -3.64. The number of hydrogen-bond donors (Lipinski definition) is 1. The van der Waals surface area contributed by atoms with Crippen LogP contribution in [0.2, 0.25) is 0 Å². The molecule has 6 bridgehead atoms. The van der Waals surface area contributed by atoms with E-state index in [1.54, 1.807) is 23.1 Å². The molecule has 2 atom stereocenters. The fraction of sp³-hybridized carbons (Fsp3) is 0.500. The number of alkyl halides is 2. The molecule has 1 N–H and O–H groups in total. The SMILES string of the molecule is Cc1cccc(C)c1-c1cc2nc(n1)NS(=O)(=O)c1cccc(c1)C(=O)N1CCN(C3CCC(F)(F)CC3)[C@H](CC(C)C)[C@H](C1)O2.[HH]. The number of rotatable bonds is 4. The lowest BCUT2D eigenvalue weighted by molar-refractivity contribution is -0.0647. The molecule has 6 rings (SSSR count). The monoisotopic (exact) mass is 655 g/mol. The van der Waals surface area contributed by atoms with E-state index in [0.29, 0.717) is 38.0 Å². The number of benzene rings is 2. The van der Waals surface area contributed by atoms with Crippen molar-refractivity contribution in [1.82, 2.24) is 19.8 Å². The van der Waals surface area contributed by atoms with Gasteiger partial charge in [0.1, 0.15) is 6.10 Å². The van der Waals surface area contributed by atoms with Crippen LogP contribution in [0.15, 0.2) is 53.4 Å². The van der Waals surface area contributed by atoms with Crippen molar-refractivity contribution in [3.05, 3.63) is 65.2 Å². The summed E-state index contributed by atoms with van der Waals surface area (Å²) in [4.78, 5) is 27.1. The molecule has 46 heavy (non-hydrogen) atoms. The zero-order chi connectivity index (χ0) is 32.8. The predicted molar refractivity (Wildman–Crippen MR) is 174 cm³/mol. The Bertz CT molecular complexity index is 1710. The number of sulfonamides is 1. The normalized spacial score (nSPS) is 23.4. The van der Waals surface area contributed by atoms with Crippen LogP contribution in [-0.4, -0.2) is 77.8 Å². The van der Waals surface area contributed by atoms with Crippen molar-refractivity contribution < 1.29 is 28.2 Å². The van der Waals surface area contributed by atoms with Crippen LogP contribution in [0.4, 0.5) is 14.7 Å². The first-order valence-electron chi connectivity index (χ1n) is 16.0. The maximum atomic E-state index is 14.3. The third-order valence-corrected chi connectivity index (χ3v) is 10.7. The topological polar surface area (TPSA) is 105 Å². The van der Waals surface area contributed by atoms with E-state index in [9.17, 15) is 22.0 Å². The van der Waals surface area contributed by atoms with E-state index < -0.39 is 22.0 Å². The molecule has 248 valence electrons. The highest BCUT2D eigenvalue weighted by Crippen LogP contribution is 2.38. The van der Waals surface area contributed by atoms with E-state index in [-0.39, 0.29) is 67.0 Å². The number of hydrogen-bond acceptors (Lipinski definition) is 7. The van der Waals surface area contributed by atoms with Crippen molar-refractivity contribution in [3.8, 4) is 17.1 Å². The summed E-state index contributed by atoms with van der Waals surface area (Å²) in [5.74, 6) is -2.72. The Balaban J connectivity index is 0.00000433. The Morgan fingerprint density at radius 2 is 1.74 bits per heavy atom. The maximum absolute atomic E-state index is 14.3. The van der Waals surface area contributed by atoms with Crippen molar-refractivity contribution >= 4 is 21.9 Å². The van der Waals surface area contributed by atoms with E-state index in [4.69, 9.17) is 4.74 Å². The van der Waals surface area contributed by atoms with Gasteiger partial charge < -0.3 is 9.64 Å². The molecule has 0 radical (unpaired) electrons. The van der Waals surface area contributed by atoms with Gasteiger partial charge in [0, 0.05) is 56.6 Å². The zero-order valence-corrected chi connectivity index (χ0v) is 27.5. The molecule has 0 spiro atoms. The summed E-state index contributed by atoms with van der Waals surface area (Å²) in [6, 6.07) is 13.2. The van der Waals surface area contributed by atoms with E-state index in [1.165, 1.54) is 12.1 Å². The number of fused-ring (bicyclic) bond motifs is 6. The summed E-state index contributed by atoms with van der Waals surface area (Å²) in [7, 11) is -4.16. The smallest absolute Gasteiger partial charge is 0.264 e. The van der Waals surface area contributed by atoms with Gasteiger partial charge in [-0.2, -0.15) is 4.98 Å². The lowest BCUT2D eigenvalue weighted by atomic mass is 9.88. The van der Waals surface area contributed by atoms with Gasteiger partial charge in [0.05, 0.1) is 17.1 Å². The molecule has 2 aromatic carbocycles. The molecule has 2 fully saturated rings. The fourth-order valence-electron chi connectivity index (χ4n) is 7.12. The predicted octanol–water partition coefficient (Wildman–Crippen LogP) is 6.32. The van der Waals surface area contributed by atoms with Crippen molar-refractivity contribution in [3.63, 3.8) is 0 Å². The highest BCUT2D eigenvalue weighted by molar-refractivity contribution is 7.92. The molecule has 1 saturated heterocycles. The number of ether oxygens (including phenoxy) is 1. The molecule has 1 saturated carbocycles. The molecule has 3 heterocycles. The fourth-order valence-corrected chi connectivity index (χ4v) is 8.11. The van der Waals surface area contributed by atoms with Crippen molar-refractivity contribution in [2.45, 2.75) is 88.8 Å². The van der Waals surface area contributed by atoms with Gasteiger partial charge in [-0.05, 0) is 68.4 Å². The highest BCUT2D eigenvalue weighted by atomic mass is 32.2. The summed E-state index contributed by atoms with van der Waals surface area (Å²) >= 11 is 0. The number of carbonyl (C=O) groups is 1. The minimum absolute atomic E-state index is 0. The molecular weight excluding hydrogens is 612 g/mol. The van der Waals surface area contributed by atoms with Crippen LogP contribution < -0.4 is 9.46 Å². The maximum Gasteiger partial charge on any atom is 0.264 e. The molecule has 2 aliphatic heterocycles. The van der Waals surface area contributed by atoms with E-state index in [0.717, 1.165) is 16.7 Å². The lowest BCUT2D eigenvalue weighted by Crippen LogP contribution is -2.53. The van der Waals surface area contributed by atoms with E-state index >= 15 is 0 Å². The molecule has 0 unspecified atom stereocenters. The van der Waals surface area contributed by atoms with Crippen molar-refractivity contribution in [1.29, 1.82) is 0 Å². The minimum Gasteiger partial charge on any atom is -0.471 e. The molecule has 1 aliphatic carbocycles. The molecular formula is C34H43F2N5O4S. The number of nitrogens with one attached hydrogen (secondary N) is 1. The van der Waals surface area contributed by atoms with E-state index in [2.05, 4.69) is 33.4 Å². The lowest BCUT2D eigenvalue weighted by Gasteiger charge is -2.43. The molecule has 3 aromatic rings. The van der Waals surface area contributed by atoms with Gasteiger partial charge in [0.25, 0.3) is 15.9 Å². The average molecular weight is 656 g/mol. The molecule has 9 nitrogen and oxygen atoms in total. The average Bonchev–Trinajstić information content (AvgIpc) is 3.15. The molecule has 1 amide bonds. The quantitative estimate of drug-likeness (QED) is 0.351. The summed E-state index contributed by atoms with van der Waals surface area (Å²) in [5.41, 5.74) is 3.47. The van der Waals surface area contributed by atoms with Crippen LogP contribution in [0.3, 0.4) is 0 Å². The van der Waals surface area contributed by atoms with Crippen molar-refractivity contribution in [2.75, 3.05) is 24.4 Å². The standard InChI is InChI=1S/C34H41F2N5O4S.H2/c1-21(2)17-28-29-20-40(15-16-41(28)25-11-13-34(35,36)14-12-25)32(42)24-9-6-10-26(18-24)46(43,44)39-33-37-27(19-30(38-33)45-29)31-22(3)7-5-8-23(31)4;/h5-10,18-19,21,25,28-29H,11-17,20H2,1-4H3,(H,37,38,39);1H/t28-,29+;/m1./s1. The van der Waals surface area contributed by atoms with Crippen LogP contribution in [-0.2, 0) is 10.0 Å². The number of anilines is 1. The van der Waals surface area contributed by atoms with Crippen LogP contribution in [0.25, 0.3) is 11.3 Å². The van der Waals surface area contributed by atoms with Gasteiger partial charge >= 0.3 is 0 Å². The Labute approximate surface area is 270 Å². The Kier molecular flexibility index (Phi) is 8.79. The van der Waals surface area contributed by atoms with Crippen LogP contribution in [0.5, 0.6) is 5.88 Å². The first kappa shape index (κ1) is 32.3. The number of nitrogens with zero attached hydrogens (tertiary/aromatic N) is 4. The largest absolute Gasteiger partial charge is 0.471 e. The third-order valence-electron chi connectivity index (χ3n) is 9.37. The Morgan fingerprint density at radius 3 is 2.43 bits per heavy atom. The molecule has 12 heteroatoms. The minimum atomic E-state index is -4.16.